The van der Waals surface area contributed by atoms with E-state index in [9.17, 15) is 9.18 Å². The molecule has 1 aromatic rings. The van der Waals surface area contributed by atoms with Crippen LogP contribution >= 0.6 is 0 Å². The van der Waals surface area contributed by atoms with E-state index in [-0.39, 0.29) is 29.5 Å². The van der Waals surface area contributed by atoms with Crippen LogP contribution in [-0.4, -0.2) is 6.29 Å². The second-order valence-corrected chi connectivity index (χ2v) is 3.57. The zero-order chi connectivity index (χ0) is 12.3. The van der Waals surface area contributed by atoms with Gasteiger partial charge in [-0.25, -0.2) is 4.39 Å². The monoisotopic (exact) mass is 260 g/mol. The van der Waals surface area contributed by atoms with E-state index in [0.29, 0.717) is 0 Å². The molecule has 0 fully saturated rings. The second kappa shape index (κ2) is 9.79. The Kier molecular flexibility index (Phi) is 10.9. The molecule has 0 heterocycles. The first-order valence-electron chi connectivity index (χ1n) is 4.25. The molecule has 0 bridgehead atoms. The Balaban J connectivity index is 0. The molecule has 4 heteroatoms. The predicted molar refractivity (Wildman–Crippen MR) is 51.1 cm³/mol. The predicted octanol–water partition coefficient (Wildman–Crippen LogP) is 2.65. The van der Waals surface area contributed by atoms with Crippen LogP contribution in [0.2, 0.25) is 0 Å². The Morgan fingerprint density at radius 1 is 1.27 bits per heavy atom. The van der Waals surface area contributed by atoms with E-state index in [2.05, 4.69) is 6.07 Å². The third kappa shape index (κ3) is 16.0. The topological polar surface area (TPSA) is 34.1 Å². The average molecular weight is 262 g/mol. The van der Waals surface area contributed by atoms with Crippen LogP contribution in [0.1, 0.15) is 20.8 Å². The minimum atomic E-state index is -0.264. The van der Waals surface area contributed by atoms with Gasteiger partial charge in [0.2, 0.25) is 0 Å². The number of halogens is 1. The van der Waals surface area contributed by atoms with E-state index in [1.807, 2.05) is 27.1 Å². The van der Waals surface area contributed by atoms with Crippen LogP contribution < -0.4 is 0 Å². The van der Waals surface area contributed by atoms with Crippen LogP contribution in [0.15, 0.2) is 24.3 Å². The molecule has 0 aliphatic carbocycles. The number of benzene rings is 1. The number of carbonyl (C=O) groups excluding carboxylic acids is 1. The standard InChI is InChI=1S/C6H4F.C5H9O.O.Zn/c7-6-4-2-1-3-5-6;1-5(2,3)4-6;;/h2-5H;1-3H3;;/q2*-1;;. The molecular formula is C11H13FO2Zn-2. The molecule has 0 radical (unpaired) electrons. The van der Waals surface area contributed by atoms with E-state index >= 15 is 0 Å². The Hall–Kier alpha value is -0.757. The first kappa shape index (κ1) is 16.7. The summed E-state index contributed by atoms with van der Waals surface area (Å²) in [6, 6.07) is 8.49. The Morgan fingerprint density at radius 3 is 1.73 bits per heavy atom. The molecule has 0 aliphatic rings. The van der Waals surface area contributed by atoms with Crippen molar-refractivity contribution in [2.45, 2.75) is 20.8 Å². The zero-order valence-corrected chi connectivity index (χ0v) is 12.2. The maximum atomic E-state index is 11.9. The van der Waals surface area contributed by atoms with Crippen LogP contribution in [0, 0.1) is 17.3 Å². The van der Waals surface area contributed by atoms with E-state index in [4.69, 9.17) is 3.57 Å². The molecule has 1 rings (SSSR count). The average Bonchev–Trinajstić information content (AvgIpc) is 2.22. The summed E-state index contributed by atoms with van der Waals surface area (Å²) in [5.74, 6) is -0.209. The van der Waals surface area contributed by atoms with Crippen LogP contribution in [0.5, 0.6) is 0 Å². The molecule has 0 aliphatic heterocycles. The second-order valence-electron chi connectivity index (χ2n) is 3.57. The molecule has 0 N–H and O–H groups in total. The normalized spacial score (nSPS) is 8.93. The van der Waals surface area contributed by atoms with Crippen molar-refractivity contribution in [3.05, 3.63) is 36.1 Å². The molecule has 15 heavy (non-hydrogen) atoms. The van der Waals surface area contributed by atoms with Gasteiger partial charge in [0, 0.05) is 5.82 Å². The van der Waals surface area contributed by atoms with E-state index in [0.717, 1.165) is 0 Å². The summed E-state index contributed by atoms with van der Waals surface area (Å²) in [6.07, 6.45) is 1.85. The summed E-state index contributed by atoms with van der Waals surface area (Å²) in [6.45, 7) is 5.46. The molecule has 0 spiro atoms. The van der Waals surface area contributed by atoms with Gasteiger partial charge < -0.3 is 4.79 Å². The van der Waals surface area contributed by atoms with Crippen LogP contribution in [0.3, 0.4) is 0 Å². The quantitative estimate of drug-likeness (QED) is 0.531. The molecule has 0 atom stereocenters. The van der Waals surface area contributed by atoms with Crippen molar-refractivity contribution < 1.29 is 31.0 Å². The van der Waals surface area contributed by atoms with Gasteiger partial charge in [0.25, 0.3) is 0 Å². The fourth-order valence-corrected chi connectivity index (χ4v) is 0.367. The summed E-state index contributed by atoms with van der Waals surface area (Å²) in [4.78, 5) is 9.70. The van der Waals surface area contributed by atoms with Gasteiger partial charge in [-0.3, -0.25) is 6.29 Å². The van der Waals surface area contributed by atoms with Gasteiger partial charge in [-0.15, -0.1) is 17.5 Å². The van der Waals surface area contributed by atoms with E-state index in [1.54, 1.807) is 0 Å². The fraction of sp³-hybridized carbons (Fsp3) is 0.364. The molecule has 0 amide bonds. The Morgan fingerprint density at radius 2 is 1.60 bits per heavy atom. The molecule has 0 aromatic heterocycles. The molecule has 1 aromatic carbocycles. The molecule has 0 unspecified atom stereocenters. The Labute approximate surface area is 99.8 Å². The fourth-order valence-electron chi connectivity index (χ4n) is 0.367. The van der Waals surface area contributed by atoms with Crippen LogP contribution in [0.25, 0.3) is 0 Å². The Bertz CT molecular complexity index is 257. The van der Waals surface area contributed by atoms with E-state index in [1.165, 1.54) is 24.3 Å². The number of rotatable bonds is 0. The van der Waals surface area contributed by atoms with Gasteiger partial charge in [-0.2, -0.15) is 18.2 Å². The zero-order valence-electron chi connectivity index (χ0n) is 9.21. The van der Waals surface area contributed by atoms with Crippen LogP contribution in [-0.2, 0) is 26.6 Å². The van der Waals surface area contributed by atoms with Gasteiger partial charge in [-0.1, -0.05) is 20.8 Å². The first-order chi connectivity index (χ1) is 6.95. The first-order valence-corrected chi connectivity index (χ1v) is 5.46. The van der Waals surface area contributed by atoms with Crippen LogP contribution in [0.4, 0.5) is 4.39 Å². The number of hydrogen-bond donors (Lipinski definition) is 0. The molecular weight excluding hydrogens is 249 g/mol. The third-order valence-corrected chi connectivity index (χ3v) is 0.984. The SMILES string of the molecule is CC(C)(C)[C-]=O.Fc1cc[c-]cc1.[O]=[Zn]. The van der Waals surface area contributed by atoms with E-state index < -0.39 is 0 Å². The van der Waals surface area contributed by atoms with Crippen molar-refractivity contribution in [3.63, 3.8) is 0 Å². The van der Waals surface area contributed by atoms with Gasteiger partial charge in [-0.05, 0) is 0 Å². The minimum absolute atomic E-state index is 0.125. The summed E-state index contributed by atoms with van der Waals surface area (Å²) < 4.78 is 20.3. The van der Waals surface area contributed by atoms with Crippen molar-refractivity contribution in [2.24, 2.45) is 5.41 Å². The molecule has 0 saturated carbocycles. The summed E-state index contributed by atoms with van der Waals surface area (Å²) in [7, 11) is 0. The van der Waals surface area contributed by atoms with Crippen molar-refractivity contribution in [1.82, 2.24) is 0 Å². The van der Waals surface area contributed by atoms with Gasteiger partial charge in [0.15, 0.2) is 0 Å². The molecule has 2 nitrogen and oxygen atoms in total. The van der Waals surface area contributed by atoms with Crippen molar-refractivity contribution in [2.75, 3.05) is 0 Å². The summed E-state index contributed by atoms with van der Waals surface area (Å²) in [5.41, 5.74) is -0.264. The number of hydrogen-bond acceptors (Lipinski definition) is 2. The van der Waals surface area contributed by atoms with Crippen molar-refractivity contribution in [3.8, 4) is 0 Å². The van der Waals surface area contributed by atoms with Gasteiger partial charge in [0.05, 0.1) is 0 Å². The van der Waals surface area contributed by atoms with Crippen molar-refractivity contribution >= 4 is 6.29 Å². The summed E-state index contributed by atoms with van der Waals surface area (Å²) in [5, 5.41) is 0. The maximum absolute atomic E-state index is 11.9. The molecule has 80 valence electrons. The van der Waals surface area contributed by atoms with Crippen molar-refractivity contribution in [1.29, 1.82) is 0 Å². The molecule has 0 saturated heterocycles. The van der Waals surface area contributed by atoms with Gasteiger partial charge >= 0.3 is 21.8 Å². The van der Waals surface area contributed by atoms with Gasteiger partial charge in [0.1, 0.15) is 0 Å². The third-order valence-electron chi connectivity index (χ3n) is 0.984. The summed E-state index contributed by atoms with van der Waals surface area (Å²) >= 11 is 0.125.